The molecule has 0 aliphatic heterocycles. The van der Waals surface area contributed by atoms with E-state index in [0.29, 0.717) is 11.4 Å². The van der Waals surface area contributed by atoms with Crippen LogP contribution in [0.2, 0.25) is 0 Å². The summed E-state index contributed by atoms with van der Waals surface area (Å²) in [5, 5.41) is 6.80. The van der Waals surface area contributed by atoms with Gasteiger partial charge in [0, 0.05) is 15.7 Å². The lowest BCUT2D eigenvalue weighted by atomic mass is 10.2. The zero-order valence-electron chi connectivity index (χ0n) is 12.0. The quantitative estimate of drug-likeness (QED) is 0.808. The van der Waals surface area contributed by atoms with Crippen molar-refractivity contribution in [1.29, 1.82) is 0 Å². The Morgan fingerprint density at radius 3 is 2.90 bits per heavy atom. The van der Waals surface area contributed by atoms with E-state index in [9.17, 15) is 4.79 Å². The zero-order chi connectivity index (χ0) is 15.2. The first-order valence-corrected chi connectivity index (χ1v) is 7.47. The highest BCUT2D eigenvalue weighted by molar-refractivity contribution is 9.10. The number of aromatic amines is 1. The molecule has 21 heavy (non-hydrogen) atoms. The molecule has 0 amide bonds. The fourth-order valence-corrected chi connectivity index (χ4v) is 2.35. The van der Waals surface area contributed by atoms with Crippen LogP contribution in [0.3, 0.4) is 0 Å². The number of H-pyrrole nitrogens is 1. The minimum Gasteiger partial charge on any atom is -0.496 e. The molecule has 0 atom stereocenters. The van der Waals surface area contributed by atoms with Crippen molar-refractivity contribution < 1.29 is 14.3 Å². The van der Waals surface area contributed by atoms with Crippen LogP contribution in [0.25, 0.3) is 0 Å². The molecule has 2 aromatic rings. The van der Waals surface area contributed by atoms with Gasteiger partial charge in [-0.05, 0) is 30.7 Å². The maximum absolute atomic E-state index is 12.0. The first-order valence-electron chi connectivity index (χ1n) is 6.68. The third-order valence-electron chi connectivity index (χ3n) is 2.96. The number of carbonyl (C=O) groups excluding carboxylic acids is 1. The van der Waals surface area contributed by atoms with Crippen LogP contribution in [0.15, 0.2) is 28.7 Å². The number of rotatable bonds is 6. The summed E-state index contributed by atoms with van der Waals surface area (Å²) in [7, 11) is 1.58. The van der Waals surface area contributed by atoms with E-state index >= 15 is 0 Å². The lowest BCUT2D eigenvalue weighted by Gasteiger charge is -2.09. The maximum Gasteiger partial charge on any atom is 0.359 e. The number of aromatic nitrogens is 2. The number of methoxy groups -OCH3 is 1. The second-order valence-corrected chi connectivity index (χ2v) is 5.48. The molecule has 5 nitrogen and oxygen atoms in total. The average Bonchev–Trinajstić information content (AvgIpc) is 2.94. The Hall–Kier alpha value is -1.82. The molecule has 0 aliphatic carbocycles. The monoisotopic (exact) mass is 352 g/mol. The molecule has 0 saturated heterocycles. The molecule has 2 rings (SSSR count). The number of hydrogen-bond donors (Lipinski definition) is 1. The van der Waals surface area contributed by atoms with E-state index in [1.54, 1.807) is 13.2 Å². The Kier molecular flexibility index (Phi) is 5.38. The molecule has 0 radical (unpaired) electrons. The molecule has 1 heterocycles. The fourth-order valence-electron chi connectivity index (χ4n) is 1.94. The number of nitrogens with zero attached hydrogens (tertiary/aromatic N) is 1. The molecule has 0 fully saturated rings. The largest absolute Gasteiger partial charge is 0.496 e. The lowest BCUT2D eigenvalue weighted by Crippen LogP contribution is -2.06. The Morgan fingerprint density at radius 2 is 2.19 bits per heavy atom. The van der Waals surface area contributed by atoms with Crippen LogP contribution >= 0.6 is 15.9 Å². The van der Waals surface area contributed by atoms with Gasteiger partial charge in [-0.1, -0.05) is 29.3 Å². The molecule has 1 N–H and O–H groups in total. The third kappa shape index (κ3) is 4.07. The summed E-state index contributed by atoms with van der Waals surface area (Å²) in [6.45, 7) is 2.20. The summed E-state index contributed by atoms with van der Waals surface area (Å²) in [6, 6.07) is 7.28. The number of ether oxygens (including phenoxy) is 2. The molecule has 112 valence electrons. The van der Waals surface area contributed by atoms with Crippen molar-refractivity contribution in [3.05, 3.63) is 45.7 Å². The van der Waals surface area contributed by atoms with Crippen LogP contribution in [-0.2, 0) is 17.8 Å². The summed E-state index contributed by atoms with van der Waals surface area (Å²) in [5.41, 5.74) is 2.03. The van der Waals surface area contributed by atoms with Crippen LogP contribution in [0.4, 0.5) is 0 Å². The zero-order valence-corrected chi connectivity index (χ0v) is 13.6. The van der Waals surface area contributed by atoms with Crippen molar-refractivity contribution in [2.75, 3.05) is 7.11 Å². The van der Waals surface area contributed by atoms with Crippen molar-refractivity contribution in [2.24, 2.45) is 0 Å². The number of halogens is 1. The number of carbonyl (C=O) groups is 1. The standard InChI is InChI=1S/C15H17BrN2O3/c1-3-4-12-8-13(18-17-12)15(19)21-9-10-7-11(16)5-6-14(10)20-2/h5-8H,3-4,9H2,1-2H3,(H,17,18). The summed E-state index contributed by atoms with van der Waals surface area (Å²) >= 11 is 3.38. The van der Waals surface area contributed by atoms with Gasteiger partial charge in [0.15, 0.2) is 5.69 Å². The summed E-state index contributed by atoms with van der Waals surface area (Å²) in [4.78, 5) is 12.0. The van der Waals surface area contributed by atoms with Gasteiger partial charge >= 0.3 is 5.97 Å². The Balaban J connectivity index is 2.01. The summed E-state index contributed by atoms with van der Waals surface area (Å²) in [5.74, 6) is 0.232. The molecular weight excluding hydrogens is 336 g/mol. The molecule has 0 unspecified atom stereocenters. The summed E-state index contributed by atoms with van der Waals surface area (Å²) < 4.78 is 11.4. The lowest BCUT2D eigenvalue weighted by molar-refractivity contribution is 0.0463. The van der Waals surface area contributed by atoms with Crippen LogP contribution < -0.4 is 4.74 Å². The predicted molar refractivity (Wildman–Crippen MR) is 82.4 cm³/mol. The van der Waals surface area contributed by atoms with E-state index < -0.39 is 5.97 Å². The van der Waals surface area contributed by atoms with Gasteiger partial charge in [0.05, 0.1) is 7.11 Å². The van der Waals surface area contributed by atoms with Gasteiger partial charge in [0.25, 0.3) is 0 Å². The van der Waals surface area contributed by atoms with Crippen molar-refractivity contribution in [3.8, 4) is 5.75 Å². The molecule has 0 saturated carbocycles. The van der Waals surface area contributed by atoms with Crippen molar-refractivity contribution in [2.45, 2.75) is 26.4 Å². The van der Waals surface area contributed by atoms with Gasteiger partial charge in [-0.25, -0.2) is 4.79 Å². The number of hydrogen-bond acceptors (Lipinski definition) is 4. The van der Waals surface area contributed by atoms with E-state index in [0.717, 1.165) is 28.6 Å². The van der Waals surface area contributed by atoms with Crippen LogP contribution in [0.1, 0.15) is 35.1 Å². The molecule has 1 aromatic heterocycles. The minimum atomic E-state index is -0.448. The van der Waals surface area contributed by atoms with Gasteiger partial charge in [0.2, 0.25) is 0 Å². The van der Waals surface area contributed by atoms with Crippen LogP contribution in [-0.4, -0.2) is 23.3 Å². The second-order valence-electron chi connectivity index (χ2n) is 4.56. The molecule has 0 aliphatic rings. The van der Waals surface area contributed by atoms with Crippen molar-refractivity contribution in [1.82, 2.24) is 10.2 Å². The van der Waals surface area contributed by atoms with Gasteiger partial charge in [-0.2, -0.15) is 5.10 Å². The van der Waals surface area contributed by atoms with E-state index in [1.807, 2.05) is 18.2 Å². The average molecular weight is 353 g/mol. The van der Waals surface area contributed by atoms with E-state index in [1.165, 1.54) is 0 Å². The Labute approximate surface area is 131 Å². The first kappa shape index (κ1) is 15.6. The van der Waals surface area contributed by atoms with E-state index in [-0.39, 0.29) is 6.61 Å². The van der Waals surface area contributed by atoms with Crippen molar-refractivity contribution >= 4 is 21.9 Å². The van der Waals surface area contributed by atoms with Gasteiger partial charge in [-0.15, -0.1) is 0 Å². The molecule has 6 heteroatoms. The molecular formula is C15H17BrN2O3. The highest BCUT2D eigenvalue weighted by Crippen LogP contribution is 2.23. The molecule has 1 aromatic carbocycles. The van der Waals surface area contributed by atoms with Gasteiger partial charge in [0.1, 0.15) is 12.4 Å². The maximum atomic E-state index is 12.0. The highest BCUT2D eigenvalue weighted by Gasteiger charge is 2.13. The van der Waals surface area contributed by atoms with E-state index in [2.05, 4.69) is 33.1 Å². The number of esters is 1. The normalized spacial score (nSPS) is 10.4. The fraction of sp³-hybridized carbons (Fsp3) is 0.333. The topological polar surface area (TPSA) is 64.2 Å². The smallest absolute Gasteiger partial charge is 0.359 e. The third-order valence-corrected chi connectivity index (χ3v) is 3.45. The number of benzene rings is 1. The minimum absolute atomic E-state index is 0.136. The molecule has 0 bridgehead atoms. The summed E-state index contributed by atoms with van der Waals surface area (Å²) in [6.07, 6.45) is 1.85. The number of aryl methyl sites for hydroxylation is 1. The Morgan fingerprint density at radius 1 is 1.38 bits per heavy atom. The van der Waals surface area contributed by atoms with E-state index in [4.69, 9.17) is 9.47 Å². The van der Waals surface area contributed by atoms with Crippen LogP contribution in [0, 0.1) is 0 Å². The Bertz CT molecular complexity index is 625. The number of nitrogens with one attached hydrogen (secondary N) is 1. The molecule has 0 spiro atoms. The highest BCUT2D eigenvalue weighted by atomic mass is 79.9. The SMILES string of the molecule is CCCc1cc(C(=O)OCc2cc(Br)ccc2OC)n[nH]1. The first-order chi connectivity index (χ1) is 10.1. The van der Waals surface area contributed by atoms with Gasteiger partial charge in [-0.3, -0.25) is 5.10 Å². The second kappa shape index (κ2) is 7.26. The van der Waals surface area contributed by atoms with Gasteiger partial charge < -0.3 is 9.47 Å². The van der Waals surface area contributed by atoms with Crippen molar-refractivity contribution in [3.63, 3.8) is 0 Å². The van der Waals surface area contributed by atoms with Crippen LogP contribution in [0.5, 0.6) is 5.75 Å². The predicted octanol–water partition coefficient (Wildman–Crippen LogP) is 3.49.